The average Bonchev–Trinajstić information content (AvgIpc) is 2.34. The Morgan fingerprint density at radius 1 is 1.42 bits per heavy atom. The number of nitrogens with zero attached hydrogens (tertiary/aromatic N) is 1. The van der Waals surface area contributed by atoms with E-state index < -0.39 is 6.03 Å². The van der Waals surface area contributed by atoms with Crippen LogP contribution in [0.25, 0.3) is 0 Å². The van der Waals surface area contributed by atoms with Crippen molar-refractivity contribution < 1.29 is 9.59 Å². The predicted molar refractivity (Wildman–Crippen MR) is 74.9 cm³/mol. The number of amides is 3. The molecule has 0 spiro atoms. The standard InChI is InChI=1S/C13H26N4O2/c1-5-14-13(19)16-12(18)10(3)15-11-6-7-17(4)9(2)8-11/h9-11,15H,5-8H2,1-4H3,(H2,14,16,18,19). The number of carbonyl (C=O) groups is 2. The number of piperidine rings is 1. The van der Waals surface area contributed by atoms with Gasteiger partial charge in [0.2, 0.25) is 5.91 Å². The summed E-state index contributed by atoms with van der Waals surface area (Å²) in [4.78, 5) is 25.4. The van der Waals surface area contributed by atoms with Gasteiger partial charge in [-0.2, -0.15) is 0 Å². The summed E-state index contributed by atoms with van der Waals surface area (Å²) in [5.41, 5.74) is 0. The summed E-state index contributed by atoms with van der Waals surface area (Å²) in [5, 5.41) is 8.17. The number of urea groups is 1. The van der Waals surface area contributed by atoms with Gasteiger partial charge >= 0.3 is 6.03 Å². The highest BCUT2D eigenvalue weighted by atomic mass is 16.2. The molecular weight excluding hydrogens is 244 g/mol. The van der Waals surface area contributed by atoms with Crippen LogP contribution in [0.3, 0.4) is 0 Å². The van der Waals surface area contributed by atoms with Gasteiger partial charge in [-0.15, -0.1) is 0 Å². The van der Waals surface area contributed by atoms with Gasteiger partial charge in [-0.3, -0.25) is 10.1 Å². The van der Waals surface area contributed by atoms with E-state index in [1.807, 2.05) is 6.92 Å². The van der Waals surface area contributed by atoms with Crippen LogP contribution in [0, 0.1) is 0 Å². The molecule has 1 aliphatic rings. The zero-order valence-corrected chi connectivity index (χ0v) is 12.3. The molecule has 0 aromatic carbocycles. The van der Waals surface area contributed by atoms with Gasteiger partial charge in [0.05, 0.1) is 6.04 Å². The first-order valence-corrected chi connectivity index (χ1v) is 6.99. The molecule has 3 amide bonds. The summed E-state index contributed by atoms with van der Waals surface area (Å²) < 4.78 is 0. The van der Waals surface area contributed by atoms with Crippen molar-refractivity contribution in [1.29, 1.82) is 0 Å². The smallest absolute Gasteiger partial charge is 0.321 e. The second kappa shape index (κ2) is 7.45. The maximum Gasteiger partial charge on any atom is 0.321 e. The topological polar surface area (TPSA) is 73.5 Å². The number of nitrogens with one attached hydrogen (secondary N) is 3. The zero-order valence-electron chi connectivity index (χ0n) is 12.3. The molecule has 1 rings (SSSR count). The van der Waals surface area contributed by atoms with Gasteiger partial charge in [0, 0.05) is 18.6 Å². The number of imide groups is 1. The van der Waals surface area contributed by atoms with Crippen molar-refractivity contribution in [3.05, 3.63) is 0 Å². The predicted octanol–water partition coefficient (Wildman–Crippen LogP) is 0.293. The molecule has 1 aliphatic heterocycles. The van der Waals surface area contributed by atoms with E-state index >= 15 is 0 Å². The Bertz CT molecular complexity index is 322. The van der Waals surface area contributed by atoms with E-state index in [-0.39, 0.29) is 11.9 Å². The van der Waals surface area contributed by atoms with Gasteiger partial charge in [0.25, 0.3) is 0 Å². The molecule has 6 nitrogen and oxygen atoms in total. The summed E-state index contributed by atoms with van der Waals surface area (Å²) >= 11 is 0. The Balaban J connectivity index is 2.35. The number of carbonyl (C=O) groups excluding carboxylic acids is 2. The van der Waals surface area contributed by atoms with E-state index in [0.717, 1.165) is 19.4 Å². The molecule has 1 saturated heterocycles. The third-order valence-electron chi connectivity index (χ3n) is 3.66. The van der Waals surface area contributed by atoms with Crippen LogP contribution in [0.4, 0.5) is 4.79 Å². The molecule has 19 heavy (non-hydrogen) atoms. The highest BCUT2D eigenvalue weighted by molar-refractivity contribution is 5.96. The molecular formula is C13H26N4O2. The van der Waals surface area contributed by atoms with E-state index in [9.17, 15) is 9.59 Å². The van der Waals surface area contributed by atoms with E-state index in [4.69, 9.17) is 0 Å². The van der Waals surface area contributed by atoms with Crippen LogP contribution in [0.5, 0.6) is 0 Å². The van der Waals surface area contributed by atoms with Gasteiger partial charge in [-0.25, -0.2) is 4.79 Å². The summed E-state index contributed by atoms with van der Waals surface area (Å²) in [5.74, 6) is -0.280. The van der Waals surface area contributed by atoms with Crippen molar-refractivity contribution in [2.45, 2.75) is 51.7 Å². The second-order valence-electron chi connectivity index (χ2n) is 5.29. The van der Waals surface area contributed by atoms with E-state index in [1.54, 1.807) is 6.92 Å². The maximum absolute atomic E-state index is 11.8. The van der Waals surface area contributed by atoms with Crippen LogP contribution in [0.2, 0.25) is 0 Å². The molecule has 0 aromatic rings. The largest absolute Gasteiger partial charge is 0.338 e. The lowest BCUT2D eigenvalue weighted by Crippen LogP contribution is -2.53. The normalized spacial score (nSPS) is 25.7. The fourth-order valence-electron chi connectivity index (χ4n) is 2.29. The van der Waals surface area contributed by atoms with Crippen molar-refractivity contribution in [2.75, 3.05) is 20.1 Å². The molecule has 0 aromatic heterocycles. The van der Waals surface area contributed by atoms with Crippen LogP contribution >= 0.6 is 0 Å². The number of likely N-dealkylation sites (tertiary alicyclic amines) is 1. The lowest BCUT2D eigenvalue weighted by atomic mass is 9.98. The van der Waals surface area contributed by atoms with Gasteiger partial charge in [0.1, 0.15) is 0 Å². The Kier molecular flexibility index (Phi) is 6.24. The highest BCUT2D eigenvalue weighted by Crippen LogP contribution is 2.15. The van der Waals surface area contributed by atoms with Crippen LogP contribution in [0.15, 0.2) is 0 Å². The monoisotopic (exact) mass is 270 g/mol. The van der Waals surface area contributed by atoms with Gasteiger partial charge in [-0.1, -0.05) is 0 Å². The van der Waals surface area contributed by atoms with Crippen LogP contribution < -0.4 is 16.0 Å². The number of hydrogen-bond donors (Lipinski definition) is 3. The first-order valence-electron chi connectivity index (χ1n) is 6.99. The molecule has 6 heteroatoms. The lowest BCUT2D eigenvalue weighted by molar-refractivity contribution is -0.122. The number of rotatable bonds is 4. The molecule has 3 atom stereocenters. The molecule has 3 N–H and O–H groups in total. The Hall–Kier alpha value is -1.14. The van der Waals surface area contributed by atoms with Crippen molar-refractivity contribution in [1.82, 2.24) is 20.9 Å². The molecule has 0 aliphatic carbocycles. The van der Waals surface area contributed by atoms with E-state index in [0.29, 0.717) is 18.6 Å². The second-order valence-corrected chi connectivity index (χ2v) is 5.29. The first-order chi connectivity index (χ1) is 8.93. The minimum atomic E-state index is -0.433. The third kappa shape index (κ3) is 5.16. The zero-order chi connectivity index (χ0) is 14.4. The van der Waals surface area contributed by atoms with Crippen LogP contribution in [-0.2, 0) is 4.79 Å². The third-order valence-corrected chi connectivity index (χ3v) is 3.66. The fraction of sp³-hybridized carbons (Fsp3) is 0.846. The molecule has 110 valence electrons. The van der Waals surface area contributed by atoms with E-state index in [2.05, 4.69) is 34.8 Å². The SMILES string of the molecule is CCNC(=O)NC(=O)C(C)NC1CCN(C)C(C)C1. The fourth-order valence-corrected chi connectivity index (χ4v) is 2.29. The van der Waals surface area contributed by atoms with Gasteiger partial charge in [-0.05, 0) is 47.2 Å². The molecule has 1 heterocycles. The van der Waals surface area contributed by atoms with Gasteiger partial charge < -0.3 is 15.5 Å². The van der Waals surface area contributed by atoms with Crippen LogP contribution in [-0.4, -0.2) is 55.1 Å². The van der Waals surface area contributed by atoms with Crippen molar-refractivity contribution in [2.24, 2.45) is 0 Å². The van der Waals surface area contributed by atoms with Crippen molar-refractivity contribution in [3.8, 4) is 0 Å². The molecule has 0 saturated carbocycles. The Labute approximate surface area is 115 Å². The van der Waals surface area contributed by atoms with Crippen LogP contribution in [0.1, 0.15) is 33.6 Å². The van der Waals surface area contributed by atoms with Crippen molar-refractivity contribution >= 4 is 11.9 Å². The van der Waals surface area contributed by atoms with Crippen molar-refractivity contribution in [3.63, 3.8) is 0 Å². The first kappa shape index (κ1) is 15.9. The summed E-state index contributed by atoms with van der Waals surface area (Å²) in [6.45, 7) is 7.33. The molecule has 0 radical (unpaired) electrons. The lowest BCUT2D eigenvalue weighted by Gasteiger charge is -2.36. The Morgan fingerprint density at radius 3 is 2.68 bits per heavy atom. The summed E-state index contributed by atoms with van der Waals surface area (Å²) in [7, 11) is 2.12. The highest BCUT2D eigenvalue weighted by Gasteiger charge is 2.25. The molecule has 1 fully saturated rings. The van der Waals surface area contributed by atoms with E-state index in [1.165, 1.54) is 0 Å². The molecule has 3 unspecified atom stereocenters. The summed E-state index contributed by atoms with van der Waals surface area (Å²) in [6, 6.07) is 0.0622. The summed E-state index contributed by atoms with van der Waals surface area (Å²) in [6.07, 6.45) is 2.05. The maximum atomic E-state index is 11.8. The Morgan fingerprint density at radius 2 is 2.11 bits per heavy atom. The average molecular weight is 270 g/mol. The van der Waals surface area contributed by atoms with Gasteiger partial charge in [0.15, 0.2) is 0 Å². The number of hydrogen-bond acceptors (Lipinski definition) is 4. The quantitative estimate of drug-likeness (QED) is 0.686. The minimum Gasteiger partial charge on any atom is -0.338 e. The molecule has 0 bridgehead atoms. The minimum absolute atomic E-state index is 0.280.